The van der Waals surface area contributed by atoms with E-state index in [1.807, 2.05) is 38.1 Å². The van der Waals surface area contributed by atoms with Gasteiger partial charge in [-0.3, -0.25) is 4.79 Å². The highest BCUT2D eigenvalue weighted by Gasteiger charge is 2.15. The lowest BCUT2D eigenvalue weighted by molar-refractivity contribution is -0.121. The molecule has 0 saturated carbocycles. The first-order valence-electron chi connectivity index (χ1n) is 5.66. The van der Waals surface area contributed by atoms with Crippen LogP contribution in [0.3, 0.4) is 0 Å². The molecule has 2 atom stereocenters. The monoisotopic (exact) mass is 299 g/mol. The van der Waals surface area contributed by atoms with Crippen molar-refractivity contribution in [2.75, 3.05) is 7.11 Å². The van der Waals surface area contributed by atoms with Crippen molar-refractivity contribution in [1.29, 1.82) is 0 Å². The van der Waals surface area contributed by atoms with Crippen molar-refractivity contribution in [3.63, 3.8) is 0 Å². The number of hydrogen-bond acceptors (Lipinski definition) is 2. The molecule has 4 heteroatoms. The van der Waals surface area contributed by atoms with Crippen LogP contribution in [0.4, 0.5) is 0 Å². The van der Waals surface area contributed by atoms with Gasteiger partial charge in [-0.1, -0.05) is 35.0 Å². The third-order valence-electron chi connectivity index (χ3n) is 2.62. The lowest BCUT2D eigenvalue weighted by Crippen LogP contribution is -2.32. The first kappa shape index (κ1) is 14.0. The summed E-state index contributed by atoms with van der Waals surface area (Å²) < 4.78 is 5.09. The van der Waals surface area contributed by atoms with E-state index in [1.54, 1.807) is 7.11 Å². The van der Waals surface area contributed by atoms with Crippen LogP contribution in [-0.4, -0.2) is 17.8 Å². The van der Waals surface area contributed by atoms with Crippen molar-refractivity contribution in [2.45, 2.75) is 31.1 Å². The molecule has 0 spiro atoms. The Labute approximate surface area is 111 Å². The van der Waals surface area contributed by atoms with Crippen LogP contribution >= 0.6 is 15.9 Å². The second-order valence-electron chi connectivity index (χ2n) is 3.88. The molecule has 17 heavy (non-hydrogen) atoms. The van der Waals surface area contributed by atoms with Crippen molar-refractivity contribution in [1.82, 2.24) is 5.32 Å². The fourth-order valence-corrected chi connectivity index (χ4v) is 1.60. The highest BCUT2D eigenvalue weighted by Crippen LogP contribution is 2.18. The third kappa shape index (κ3) is 4.04. The summed E-state index contributed by atoms with van der Waals surface area (Å²) in [4.78, 5) is 11.6. The normalized spacial score (nSPS) is 13.9. The van der Waals surface area contributed by atoms with E-state index in [1.165, 1.54) is 0 Å². The molecule has 3 nitrogen and oxygen atoms in total. The second-order valence-corrected chi connectivity index (χ2v) is 4.98. The SMILES string of the molecule is CC[C@@H](Br)C(=O)N[C@H](C)c1ccc(OC)cc1. The number of hydrogen-bond donors (Lipinski definition) is 1. The fourth-order valence-electron chi connectivity index (χ4n) is 1.47. The maximum absolute atomic E-state index is 11.7. The van der Waals surface area contributed by atoms with E-state index < -0.39 is 0 Å². The van der Waals surface area contributed by atoms with Crippen molar-refractivity contribution < 1.29 is 9.53 Å². The van der Waals surface area contributed by atoms with Crippen LogP contribution in [0.2, 0.25) is 0 Å². The molecule has 1 rings (SSSR count). The van der Waals surface area contributed by atoms with Gasteiger partial charge in [0, 0.05) is 0 Å². The molecule has 0 aromatic heterocycles. The molecule has 1 N–H and O–H groups in total. The number of carbonyl (C=O) groups excluding carboxylic acids is 1. The zero-order chi connectivity index (χ0) is 12.8. The number of alkyl halides is 1. The Morgan fingerprint density at radius 2 is 2.00 bits per heavy atom. The molecule has 0 radical (unpaired) electrons. The van der Waals surface area contributed by atoms with Gasteiger partial charge in [0.15, 0.2) is 0 Å². The second kappa shape index (κ2) is 6.64. The van der Waals surface area contributed by atoms with Gasteiger partial charge < -0.3 is 10.1 Å². The maximum atomic E-state index is 11.7. The van der Waals surface area contributed by atoms with E-state index in [9.17, 15) is 4.79 Å². The van der Waals surface area contributed by atoms with E-state index >= 15 is 0 Å². The summed E-state index contributed by atoms with van der Waals surface area (Å²) in [6.07, 6.45) is 0.779. The number of ether oxygens (including phenoxy) is 1. The summed E-state index contributed by atoms with van der Waals surface area (Å²) in [5.41, 5.74) is 1.06. The summed E-state index contributed by atoms with van der Waals surface area (Å²) in [6, 6.07) is 7.70. The lowest BCUT2D eigenvalue weighted by atomic mass is 10.1. The van der Waals surface area contributed by atoms with Crippen LogP contribution in [-0.2, 0) is 4.79 Å². The Hall–Kier alpha value is -1.03. The number of benzene rings is 1. The first-order valence-corrected chi connectivity index (χ1v) is 6.58. The van der Waals surface area contributed by atoms with Crippen molar-refractivity contribution in [3.05, 3.63) is 29.8 Å². The van der Waals surface area contributed by atoms with Crippen molar-refractivity contribution in [2.24, 2.45) is 0 Å². The van der Waals surface area contributed by atoms with Crippen LogP contribution in [0, 0.1) is 0 Å². The number of carbonyl (C=O) groups is 1. The molecule has 1 amide bonds. The summed E-state index contributed by atoms with van der Waals surface area (Å²) in [5.74, 6) is 0.843. The quantitative estimate of drug-likeness (QED) is 0.849. The van der Waals surface area contributed by atoms with Crippen LogP contribution < -0.4 is 10.1 Å². The van der Waals surface area contributed by atoms with E-state index in [0.717, 1.165) is 17.7 Å². The Kier molecular flexibility index (Phi) is 5.48. The first-order chi connectivity index (χ1) is 8.08. The molecule has 0 saturated heterocycles. The van der Waals surface area contributed by atoms with E-state index in [-0.39, 0.29) is 16.8 Å². The van der Waals surface area contributed by atoms with Crippen LogP contribution in [0.1, 0.15) is 31.9 Å². The number of halogens is 1. The van der Waals surface area contributed by atoms with Crippen molar-refractivity contribution in [3.8, 4) is 5.75 Å². The minimum atomic E-state index is -0.122. The number of nitrogens with one attached hydrogen (secondary N) is 1. The van der Waals surface area contributed by atoms with Gasteiger partial charge in [0.25, 0.3) is 0 Å². The van der Waals surface area contributed by atoms with Crippen molar-refractivity contribution >= 4 is 21.8 Å². The smallest absolute Gasteiger partial charge is 0.234 e. The Balaban J connectivity index is 2.63. The van der Waals surface area contributed by atoms with E-state index in [2.05, 4.69) is 21.2 Å². The van der Waals surface area contributed by atoms with Crippen LogP contribution in [0.5, 0.6) is 5.75 Å². The van der Waals surface area contributed by atoms with Gasteiger partial charge in [-0.15, -0.1) is 0 Å². The summed E-state index contributed by atoms with van der Waals surface area (Å²) in [7, 11) is 1.64. The molecule has 0 unspecified atom stereocenters. The molecular formula is C13H18BrNO2. The molecule has 0 aliphatic carbocycles. The third-order valence-corrected chi connectivity index (χ3v) is 3.68. The van der Waals surface area contributed by atoms with Gasteiger partial charge in [-0.25, -0.2) is 0 Å². The summed E-state index contributed by atoms with van der Waals surface area (Å²) in [6.45, 7) is 3.94. The average molecular weight is 300 g/mol. The van der Waals surface area contributed by atoms with Gasteiger partial charge in [-0.2, -0.15) is 0 Å². The molecule has 0 heterocycles. The molecular weight excluding hydrogens is 282 g/mol. The molecule has 0 aliphatic heterocycles. The molecule has 94 valence electrons. The predicted molar refractivity (Wildman–Crippen MR) is 72.6 cm³/mol. The highest BCUT2D eigenvalue weighted by molar-refractivity contribution is 9.10. The van der Waals surface area contributed by atoms with Crippen LogP contribution in [0.15, 0.2) is 24.3 Å². The lowest BCUT2D eigenvalue weighted by Gasteiger charge is -2.16. The molecule has 0 fully saturated rings. The number of amides is 1. The van der Waals surface area contributed by atoms with E-state index in [4.69, 9.17) is 4.74 Å². The zero-order valence-corrected chi connectivity index (χ0v) is 12.0. The number of methoxy groups -OCH3 is 1. The topological polar surface area (TPSA) is 38.3 Å². The Morgan fingerprint density at radius 1 is 1.41 bits per heavy atom. The van der Waals surface area contributed by atoms with Gasteiger partial charge in [-0.05, 0) is 31.0 Å². The van der Waals surface area contributed by atoms with Gasteiger partial charge in [0.05, 0.1) is 18.0 Å². The minimum Gasteiger partial charge on any atom is -0.497 e. The zero-order valence-electron chi connectivity index (χ0n) is 10.4. The fraction of sp³-hybridized carbons (Fsp3) is 0.462. The number of rotatable bonds is 5. The summed E-state index contributed by atoms with van der Waals surface area (Å²) >= 11 is 3.33. The molecule has 0 bridgehead atoms. The molecule has 0 aliphatic rings. The average Bonchev–Trinajstić information content (AvgIpc) is 2.37. The maximum Gasteiger partial charge on any atom is 0.234 e. The summed E-state index contributed by atoms with van der Waals surface area (Å²) in [5, 5.41) is 2.96. The minimum absolute atomic E-state index is 0.00000567. The van der Waals surface area contributed by atoms with E-state index in [0.29, 0.717) is 0 Å². The van der Waals surface area contributed by atoms with Gasteiger partial charge >= 0.3 is 0 Å². The van der Waals surface area contributed by atoms with Gasteiger partial charge in [0.1, 0.15) is 5.75 Å². The molecule has 1 aromatic carbocycles. The van der Waals surface area contributed by atoms with Gasteiger partial charge in [0.2, 0.25) is 5.91 Å². The molecule has 1 aromatic rings. The standard InChI is InChI=1S/C13H18BrNO2/c1-4-12(14)13(16)15-9(2)10-5-7-11(17-3)8-6-10/h5-9,12H,4H2,1-3H3,(H,15,16)/t9-,12-/m1/s1. The van der Waals surface area contributed by atoms with Crippen LogP contribution in [0.25, 0.3) is 0 Å². The Morgan fingerprint density at radius 3 is 2.47 bits per heavy atom. The highest BCUT2D eigenvalue weighted by atomic mass is 79.9. The largest absolute Gasteiger partial charge is 0.497 e. The Bertz CT molecular complexity index is 364. The predicted octanol–water partition coefficient (Wildman–Crippen LogP) is 3.05.